The van der Waals surface area contributed by atoms with Gasteiger partial charge in [0.2, 0.25) is 0 Å². The van der Waals surface area contributed by atoms with E-state index < -0.39 is 0 Å². The third-order valence-corrected chi connectivity index (χ3v) is 9.53. The van der Waals surface area contributed by atoms with Gasteiger partial charge in [-0.05, 0) is 101 Å². The van der Waals surface area contributed by atoms with E-state index in [1.807, 2.05) is 0 Å². The molecule has 0 amide bonds. The number of aryl methyl sites for hydroxylation is 1. The van der Waals surface area contributed by atoms with Crippen molar-refractivity contribution >= 4 is 55.6 Å². The Kier molecular flexibility index (Phi) is 5.40. The summed E-state index contributed by atoms with van der Waals surface area (Å²) in [5.41, 5.74) is 17.1. The lowest BCUT2D eigenvalue weighted by Crippen LogP contribution is -2.00. The first-order valence-corrected chi connectivity index (χ1v) is 15.6. The third-order valence-electron chi connectivity index (χ3n) is 9.53. The number of para-hydroxylation sites is 1. The summed E-state index contributed by atoms with van der Waals surface area (Å²) in [4.78, 5) is 3.82. The molecule has 2 heteroatoms. The number of aromatic nitrogens is 2. The van der Waals surface area contributed by atoms with E-state index in [1.54, 1.807) is 0 Å². The van der Waals surface area contributed by atoms with E-state index in [9.17, 15) is 0 Å². The molecule has 2 aromatic heterocycles. The second kappa shape index (κ2) is 9.47. The predicted molar refractivity (Wildman–Crippen MR) is 184 cm³/mol. The molecule has 0 aliphatic heterocycles. The Morgan fingerprint density at radius 2 is 1.67 bits per heavy atom. The lowest BCUT2D eigenvalue weighted by atomic mass is 9.98. The van der Waals surface area contributed by atoms with Gasteiger partial charge in [0.05, 0.1) is 11.0 Å². The summed E-state index contributed by atoms with van der Waals surface area (Å²) < 4.78 is 2.44. The molecule has 43 heavy (non-hydrogen) atoms. The molecule has 4 aromatic carbocycles. The number of nitrogens with one attached hydrogen (secondary N) is 1. The van der Waals surface area contributed by atoms with Gasteiger partial charge in [-0.2, -0.15) is 0 Å². The number of benzene rings is 4. The minimum Gasteiger partial charge on any atom is -0.354 e. The average molecular weight is 553 g/mol. The van der Waals surface area contributed by atoms with E-state index in [4.69, 9.17) is 0 Å². The highest BCUT2D eigenvalue weighted by molar-refractivity contribution is 6.17. The summed E-state index contributed by atoms with van der Waals surface area (Å²) in [6, 6.07) is 29.3. The van der Waals surface area contributed by atoms with Crippen LogP contribution in [0.25, 0.3) is 66.8 Å². The monoisotopic (exact) mass is 552 g/mol. The highest BCUT2D eigenvalue weighted by Gasteiger charge is 2.26. The van der Waals surface area contributed by atoms with Crippen LogP contribution < -0.4 is 0 Å². The van der Waals surface area contributed by atoms with Gasteiger partial charge in [-0.3, -0.25) is 0 Å². The second-order valence-corrected chi connectivity index (χ2v) is 11.9. The van der Waals surface area contributed by atoms with Crippen LogP contribution in [-0.2, 0) is 6.42 Å². The molecule has 0 fully saturated rings. The van der Waals surface area contributed by atoms with Gasteiger partial charge < -0.3 is 9.55 Å². The van der Waals surface area contributed by atoms with Gasteiger partial charge in [0.25, 0.3) is 0 Å². The number of aromatic amines is 1. The summed E-state index contributed by atoms with van der Waals surface area (Å²) in [5.74, 6) is 0. The molecule has 206 valence electrons. The molecule has 0 saturated heterocycles. The normalized spacial score (nSPS) is 16.4. The van der Waals surface area contributed by atoms with Crippen LogP contribution in [0.1, 0.15) is 54.1 Å². The molecule has 0 spiro atoms. The van der Waals surface area contributed by atoms with E-state index in [0.717, 1.165) is 25.7 Å². The first kappa shape index (κ1) is 24.5. The molecule has 0 unspecified atom stereocenters. The largest absolute Gasteiger partial charge is 0.354 e. The van der Waals surface area contributed by atoms with Crippen molar-refractivity contribution in [2.45, 2.75) is 32.6 Å². The fourth-order valence-corrected chi connectivity index (χ4v) is 7.62. The second-order valence-electron chi connectivity index (χ2n) is 11.9. The number of hydrogen-bond acceptors (Lipinski definition) is 0. The Labute approximate surface area is 251 Å². The lowest BCUT2D eigenvalue weighted by molar-refractivity contribution is 0.975. The van der Waals surface area contributed by atoms with Gasteiger partial charge in [-0.25, -0.2) is 0 Å². The molecule has 3 aliphatic rings. The first-order chi connectivity index (χ1) is 21.3. The molecule has 6 aromatic rings. The Hall–Kier alpha value is -5.08. The summed E-state index contributed by atoms with van der Waals surface area (Å²) in [6.45, 7) is 2.23. The first-order valence-electron chi connectivity index (χ1n) is 15.6. The van der Waals surface area contributed by atoms with E-state index >= 15 is 0 Å². The molecule has 0 bridgehead atoms. The van der Waals surface area contributed by atoms with Crippen molar-refractivity contribution in [3.63, 3.8) is 0 Å². The zero-order valence-corrected chi connectivity index (χ0v) is 24.3. The maximum Gasteiger partial charge on any atom is 0.0550 e. The Balaban J connectivity index is 1.16. The molecule has 2 nitrogen and oxygen atoms in total. The molecule has 2 heterocycles. The maximum absolute atomic E-state index is 3.82. The van der Waals surface area contributed by atoms with Crippen LogP contribution >= 0.6 is 0 Å². The van der Waals surface area contributed by atoms with Gasteiger partial charge in [0.15, 0.2) is 0 Å². The molecule has 0 atom stereocenters. The van der Waals surface area contributed by atoms with Crippen LogP contribution in [0.3, 0.4) is 0 Å². The van der Waals surface area contributed by atoms with Gasteiger partial charge in [0, 0.05) is 38.6 Å². The van der Waals surface area contributed by atoms with Crippen molar-refractivity contribution in [3.8, 4) is 11.1 Å². The quantitative estimate of drug-likeness (QED) is 0.225. The Morgan fingerprint density at radius 1 is 0.791 bits per heavy atom. The number of H-pyrrole nitrogens is 1. The smallest absolute Gasteiger partial charge is 0.0550 e. The summed E-state index contributed by atoms with van der Waals surface area (Å²) in [6.07, 6.45) is 20.4. The van der Waals surface area contributed by atoms with Crippen LogP contribution in [-0.4, -0.2) is 9.55 Å². The van der Waals surface area contributed by atoms with Crippen molar-refractivity contribution in [1.82, 2.24) is 9.55 Å². The van der Waals surface area contributed by atoms with Crippen LogP contribution in [0.15, 0.2) is 115 Å². The van der Waals surface area contributed by atoms with Crippen molar-refractivity contribution < 1.29 is 0 Å². The number of nitrogens with zero attached hydrogens (tertiary/aromatic N) is 1. The molecule has 1 N–H and O–H groups in total. The standard InChI is InChI=1S/C41H32N2/c1-2-10-33-29-13-3-4-14-30(29)34-22-23-35-36-25-27(20-24-37(36)42-41(35)40(33)34)26-11-9-12-28(21-19-26)43-38-17-7-5-15-31(38)32-16-6-8-18-39(32)43/h3-5,7-10,12-15,17-25,42H,2,6,11,16H2,1H3/b33-10+. The van der Waals surface area contributed by atoms with Crippen LogP contribution in [0.5, 0.6) is 0 Å². The van der Waals surface area contributed by atoms with E-state index in [1.165, 1.54) is 88.6 Å². The fraction of sp³-hybridized carbons (Fsp3) is 0.122. The van der Waals surface area contributed by atoms with Crippen molar-refractivity contribution in [3.05, 3.63) is 143 Å². The van der Waals surface area contributed by atoms with E-state index in [0.29, 0.717) is 0 Å². The van der Waals surface area contributed by atoms with Gasteiger partial charge >= 0.3 is 0 Å². The average Bonchev–Trinajstić information content (AvgIpc) is 3.62. The van der Waals surface area contributed by atoms with E-state index in [2.05, 4.69) is 138 Å². The summed E-state index contributed by atoms with van der Waals surface area (Å²) in [7, 11) is 0. The zero-order valence-electron chi connectivity index (χ0n) is 24.3. The molecule has 0 saturated carbocycles. The van der Waals surface area contributed by atoms with Gasteiger partial charge in [0.1, 0.15) is 0 Å². The third kappa shape index (κ3) is 3.59. The fourth-order valence-electron chi connectivity index (χ4n) is 7.62. The van der Waals surface area contributed by atoms with Crippen LogP contribution in [0.4, 0.5) is 0 Å². The molecular weight excluding hydrogens is 520 g/mol. The summed E-state index contributed by atoms with van der Waals surface area (Å²) in [5, 5.41) is 3.96. The topological polar surface area (TPSA) is 20.7 Å². The minimum absolute atomic E-state index is 0.902. The minimum atomic E-state index is 0.902. The van der Waals surface area contributed by atoms with Crippen molar-refractivity contribution in [2.24, 2.45) is 0 Å². The predicted octanol–water partition coefficient (Wildman–Crippen LogP) is 10.9. The number of hydrogen-bond donors (Lipinski definition) is 1. The molecule has 0 radical (unpaired) electrons. The highest BCUT2D eigenvalue weighted by Crippen LogP contribution is 2.48. The van der Waals surface area contributed by atoms with Gasteiger partial charge in [-0.1, -0.05) is 91.9 Å². The highest BCUT2D eigenvalue weighted by atomic mass is 15.0. The van der Waals surface area contributed by atoms with Crippen molar-refractivity contribution in [1.29, 1.82) is 0 Å². The molecular formula is C41H32N2. The Morgan fingerprint density at radius 3 is 2.60 bits per heavy atom. The lowest BCUT2D eigenvalue weighted by Gasteiger charge is -2.12. The summed E-state index contributed by atoms with van der Waals surface area (Å²) >= 11 is 0. The van der Waals surface area contributed by atoms with Crippen LogP contribution in [0.2, 0.25) is 0 Å². The zero-order chi connectivity index (χ0) is 28.5. The number of rotatable bonds is 3. The van der Waals surface area contributed by atoms with Crippen molar-refractivity contribution in [2.75, 3.05) is 0 Å². The number of allylic oxidation sites excluding steroid dienone is 8. The SMILES string of the molecule is CC/C=C1\c2ccccc2-c2ccc3c([nH]c4ccc(C5=CC=C(n6c7c(c8ccccc86)CCC=C7)C=CC5)cc43)c21. The number of fused-ring (bicyclic) bond motifs is 10. The molecule has 3 aliphatic carbocycles. The van der Waals surface area contributed by atoms with Crippen LogP contribution in [0, 0.1) is 0 Å². The van der Waals surface area contributed by atoms with E-state index in [-0.39, 0.29) is 0 Å². The van der Waals surface area contributed by atoms with Gasteiger partial charge in [-0.15, -0.1) is 0 Å². The maximum atomic E-state index is 3.82. The Bertz CT molecular complexity index is 2290. The molecule has 9 rings (SSSR count).